The Bertz CT molecular complexity index is 713. The molecule has 1 aromatic heterocycles. The van der Waals surface area contributed by atoms with Crippen LogP contribution in [0.5, 0.6) is 0 Å². The first-order valence-corrected chi connectivity index (χ1v) is 7.93. The fourth-order valence-corrected chi connectivity index (χ4v) is 2.94. The van der Waals surface area contributed by atoms with Crippen molar-refractivity contribution in [1.82, 2.24) is 5.32 Å². The number of para-hydroxylation sites is 1. The summed E-state index contributed by atoms with van der Waals surface area (Å²) in [5, 5.41) is 2.83. The highest BCUT2D eigenvalue weighted by Crippen LogP contribution is 2.25. The summed E-state index contributed by atoms with van der Waals surface area (Å²) >= 11 is 0. The molecule has 114 valence electrons. The van der Waals surface area contributed by atoms with E-state index in [2.05, 4.69) is 5.32 Å². The SMILES string of the molecule is CCNCc1ccc(S(=O)(=O)N(C)c2ccccc2F)o1. The number of nitrogens with one attached hydrogen (secondary N) is 1. The van der Waals surface area contributed by atoms with E-state index in [0.29, 0.717) is 12.3 Å². The summed E-state index contributed by atoms with van der Waals surface area (Å²) in [6, 6.07) is 8.64. The number of sulfonamides is 1. The molecule has 0 spiro atoms. The highest BCUT2D eigenvalue weighted by atomic mass is 32.2. The van der Waals surface area contributed by atoms with Gasteiger partial charge in [0.05, 0.1) is 12.2 Å². The molecule has 1 aromatic carbocycles. The monoisotopic (exact) mass is 312 g/mol. The van der Waals surface area contributed by atoms with E-state index in [1.807, 2.05) is 6.92 Å². The zero-order chi connectivity index (χ0) is 15.5. The Morgan fingerprint density at radius 3 is 2.62 bits per heavy atom. The molecule has 0 unspecified atom stereocenters. The Balaban J connectivity index is 2.29. The van der Waals surface area contributed by atoms with Gasteiger partial charge in [-0.25, -0.2) is 4.39 Å². The molecule has 2 rings (SSSR count). The quantitative estimate of drug-likeness (QED) is 0.889. The molecule has 0 aliphatic carbocycles. The lowest BCUT2D eigenvalue weighted by Gasteiger charge is -2.18. The smallest absolute Gasteiger partial charge is 0.297 e. The maximum Gasteiger partial charge on any atom is 0.297 e. The molecule has 0 aliphatic rings. The summed E-state index contributed by atoms with van der Waals surface area (Å²) in [6.07, 6.45) is 0. The van der Waals surface area contributed by atoms with Crippen LogP contribution in [0.1, 0.15) is 12.7 Å². The molecular formula is C14H17FN2O3S. The van der Waals surface area contributed by atoms with E-state index in [4.69, 9.17) is 4.42 Å². The van der Waals surface area contributed by atoms with E-state index in [1.165, 1.54) is 31.3 Å². The standard InChI is InChI=1S/C14H17FN2O3S/c1-3-16-10-11-8-9-14(20-11)21(18,19)17(2)13-7-5-4-6-12(13)15/h4-9,16H,3,10H2,1-2H3. The Labute approximate surface area is 123 Å². The Kier molecular flexibility index (Phi) is 4.64. The number of rotatable bonds is 6. The van der Waals surface area contributed by atoms with Crippen LogP contribution in [0.25, 0.3) is 0 Å². The van der Waals surface area contributed by atoms with E-state index < -0.39 is 15.8 Å². The third-order valence-corrected chi connectivity index (χ3v) is 4.64. The minimum absolute atomic E-state index is 0.0258. The minimum Gasteiger partial charge on any atom is -0.446 e. The van der Waals surface area contributed by atoms with Gasteiger partial charge in [-0.15, -0.1) is 0 Å². The van der Waals surface area contributed by atoms with Crippen LogP contribution >= 0.6 is 0 Å². The van der Waals surface area contributed by atoms with E-state index >= 15 is 0 Å². The molecule has 0 saturated heterocycles. The van der Waals surface area contributed by atoms with Crippen molar-refractivity contribution in [2.24, 2.45) is 0 Å². The molecule has 0 atom stereocenters. The van der Waals surface area contributed by atoms with Crippen molar-refractivity contribution >= 4 is 15.7 Å². The predicted molar refractivity (Wildman–Crippen MR) is 78.1 cm³/mol. The third-order valence-electron chi connectivity index (χ3n) is 2.99. The van der Waals surface area contributed by atoms with Crippen LogP contribution in [0.2, 0.25) is 0 Å². The van der Waals surface area contributed by atoms with Crippen LogP contribution < -0.4 is 9.62 Å². The number of hydrogen-bond donors (Lipinski definition) is 1. The van der Waals surface area contributed by atoms with E-state index in [-0.39, 0.29) is 10.8 Å². The number of furan rings is 1. The van der Waals surface area contributed by atoms with Crippen molar-refractivity contribution in [2.45, 2.75) is 18.6 Å². The number of benzene rings is 1. The lowest BCUT2D eigenvalue weighted by molar-refractivity contribution is 0.403. The van der Waals surface area contributed by atoms with Gasteiger partial charge in [0.25, 0.3) is 10.0 Å². The van der Waals surface area contributed by atoms with Crippen molar-refractivity contribution in [3.63, 3.8) is 0 Å². The maximum atomic E-state index is 13.7. The van der Waals surface area contributed by atoms with Crippen LogP contribution in [0.4, 0.5) is 10.1 Å². The van der Waals surface area contributed by atoms with Crippen LogP contribution in [0.3, 0.4) is 0 Å². The summed E-state index contributed by atoms with van der Waals surface area (Å²) < 4.78 is 44.7. The lowest BCUT2D eigenvalue weighted by Crippen LogP contribution is -2.27. The fourth-order valence-electron chi connectivity index (χ4n) is 1.81. The molecule has 1 heterocycles. The fraction of sp³-hybridized carbons (Fsp3) is 0.286. The first-order valence-electron chi connectivity index (χ1n) is 6.49. The number of hydrogen-bond acceptors (Lipinski definition) is 4. The summed E-state index contributed by atoms with van der Waals surface area (Å²) in [6.45, 7) is 3.12. The van der Waals surface area contributed by atoms with Gasteiger partial charge in [0.2, 0.25) is 5.09 Å². The molecule has 0 bridgehead atoms. The van der Waals surface area contributed by atoms with Crippen LogP contribution in [-0.4, -0.2) is 22.0 Å². The first-order chi connectivity index (χ1) is 9.96. The van der Waals surface area contributed by atoms with Crippen molar-refractivity contribution in [2.75, 3.05) is 17.9 Å². The van der Waals surface area contributed by atoms with Gasteiger partial charge in [-0.2, -0.15) is 8.42 Å². The van der Waals surface area contributed by atoms with E-state index in [9.17, 15) is 12.8 Å². The second-order valence-electron chi connectivity index (χ2n) is 4.43. The molecule has 1 N–H and O–H groups in total. The third kappa shape index (κ3) is 3.25. The molecule has 0 amide bonds. The Hall–Kier alpha value is -1.86. The molecule has 21 heavy (non-hydrogen) atoms. The molecule has 0 radical (unpaired) electrons. The molecule has 5 nitrogen and oxygen atoms in total. The zero-order valence-electron chi connectivity index (χ0n) is 11.8. The van der Waals surface area contributed by atoms with Gasteiger partial charge in [-0.3, -0.25) is 4.31 Å². The van der Waals surface area contributed by atoms with Gasteiger partial charge in [0, 0.05) is 7.05 Å². The Morgan fingerprint density at radius 1 is 1.24 bits per heavy atom. The van der Waals surface area contributed by atoms with Gasteiger partial charge >= 0.3 is 0 Å². The van der Waals surface area contributed by atoms with Crippen molar-refractivity contribution in [1.29, 1.82) is 0 Å². The van der Waals surface area contributed by atoms with Crippen molar-refractivity contribution in [3.8, 4) is 0 Å². The van der Waals surface area contributed by atoms with Gasteiger partial charge < -0.3 is 9.73 Å². The summed E-state index contributed by atoms with van der Waals surface area (Å²) in [4.78, 5) is 0. The number of anilines is 1. The van der Waals surface area contributed by atoms with Gasteiger partial charge in [0.15, 0.2) is 0 Å². The summed E-state index contributed by atoms with van der Waals surface area (Å²) in [5.41, 5.74) is -0.0258. The highest BCUT2D eigenvalue weighted by Gasteiger charge is 2.26. The van der Waals surface area contributed by atoms with Gasteiger partial charge in [-0.05, 0) is 30.8 Å². The van der Waals surface area contributed by atoms with Gasteiger partial charge in [-0.1, -0.05) is 19.1 Å². The lowest BCUT2D eigenvalue weighted by atomic mass is 10.3. The largest absolute Gasteiger partial charge is 0.446 e. The Morgan fingerprint density at radius 2 is 1.95 bits per heavy atom. The van der Waals surface area contributed by atoms with Crippen molar-refractivity contribution < 1.29 is 17.2 Å². The van der Waals surface area contributed by atoms with E-state index in [1.54, 1.807) is 12.1 Å². The zero-order valence-corrected chi connectivity index (χ0v) is 12.7. The van der Waals surface area contributed by atoms with E-state index in [0.717, 1.165) is 10.8 Å². The van der Waals surface area contributed by atoms with Gasteiger partial charge in [0.1, 0.15) is 11.6 Å². The predicted octanol–water partition coefficient (Wildman–Crippen LogP) is 2.35. The second kappa shape index (κ2) is 6.28. The molecule has 7 heteroatoms. The molecule has 0 fully saturated rings. The number of nitrogens with zero attached hydrogens (tertiary/aromatic N) is 1. The average molecular weight is 312 g/mol. The summed E-state index contributed by atoms with van der Waals surface area (Å²) in [5.74, 6) is -0.0969. The minimum atomic E-state index is -3.92. The molecule has 0 saturated carbocycles. The topological polar surface area (TPSA) is 62.6 Å². The second-order valence-corrected chi connectivity index (χ2v) is 6.33. The molecular weight excluding hydrogens is 295 g/mol. The van der Waals surface area contributed by atoms with Crippen molar-refractivity contribution in [3.05, 3.63) is 48.0 Å². The molecule has 0 aliphatic heterocycles. The molecule has 2 aromatic rings. The summed E-state index contributed by atoms with van der Waals surface area (Å²) in [7, 11) is -2.63. The maximum absolute atomic E-state index is 13.7. The van der Waals surface area contributed by atoms with Crippen LogP contribution in [0.15, 0.2) is 45.9 Å². The first kappa shape index (κ1) is 15.5. The average Bonchev–Trinajstić information content (AvgIpc) is 2.94. The highest BCUT2D eigenvalue weighted by molar-refractivity contribution is 7.92. The number of halogens is 1. The van der Waals surface area contributed by atoms with Crippen LogP contribution in [-0.2, 0) is 16.6 Å². The van der Waals surface area contributed by atoms with Crippen LogP contribution in [0, 0.1) is 5.82 Å². The normalized spacial score (nSPS) is 11.6.